The van der Waals surface area contributed by atoms with Crippen LogP contribution in [-0.2, 0) is 24.1 Å². The second-order valence-corrected chi connectivity index (χ2v) is 2.79. The molecule has 1 fully saturated rings. The van der Waals surface area contributed by atoms with Crippen LogP contribution in [0.3, 0.4) is 0 Å². The van der Waals surface area contributed by atoms with Crippen LogP contribution in [-0.4, -0.2) is 11.2 Å². The molecule has 0 bridgehead atoms. The van der Waals surface area contributed by atoms with Crippen molar-refractivity contribution in [2.45, 2.75) is 12.8 Å². The minimum atomic E-state index is 0.815. The predicted molar refractivity (Wildman–Crippen MR) is 24.7 cm³/mol. The number of rotatable bonds is 2. The molecule has 0 heterocycles. The van der Waals surface area contributed by atoms with Crippen molar-refractivity contribution in [1.29, 1.82) is 0 Å². The molecule has 0 saturated heterocycles. The SMILES string of the molecule is CO[C](=[Mo])C1CC1. The van der Waals surface area contributed by atoms with E-state index in [2.05, 4.69) is 0 Å². The number of hydrogen-bond donors (Lipinski definition) is 0. The van der Waals surface area contributed by atoms with Crippen LogP contribution in [0, 0.1) is 5.92 Å². The molecule has 40 valence electrons. The molecule has 0 spiro atoms. The first kappa shape index (κ1) is 5.65. The Kier molecular flexibility index (Phi) is 1.77. The van der Waals surface area contributed by atoms with Gasteiger partial charge in [0.05, 0.1) is 0 Å². The van der Waals surface area contributed by atoms with Gasteiger partial charge in [0.15, 0.2) is 0 Å². The van der Waals surface area contributed by atoms with Crippen molar-refractivity contribution < 1.29 is 24.1 Å². The standard InChI is InChI=1S/C5H8O.Mo/c1-6-4-5-2-3-5;/h5H,2-3H2,1H3;. The molecule has 1 nitrogen and oxygen atoms in total. The summed E-state index contributed by atoms with van der Waals surface area (Å²) in [5.41, 5.74) is 0. The Balaban J connectivity index is 2.24. The molecule has 0 aliphatic heterocycles. The topological polar surface area (TPSA) is 9.23 Å². The Morgan fingerprint density at radius 3 is 2.43 bits per heavy atom. The number of methoxy groups -OCH3 is 1. The van der Waals surface area contributed by atoms with Crippen LogP contribution < -0.4 is 0 Å². The quantitative estimate of drug-likeness (QED) is 0.569. The van der Waals surface area contributed by atoms with Gasteiger partial charge >= 0.3 is 54.0 Å². The van der Waals surface area contributed by atoms with E-state index in [4.69, 9.17) is 4.74 Å². The average molecular weight is 180 g/mol. The van der Waals surface area contributed by atoms with E-state index in [1.54, 1.807) is 7.11 Å². The monoisotopic (exact) mass is 182 g/mol. The number of ether oxygens (including phenoxy) is 1. The molecular formula is C5H8MoO. The minimum absolute atomic E-state index is 0.815. The molecule has 0 radical (unpaired) electrons. The molecule has 1 saturated carbocycles. The van der Waals surface area contributed by atoms with Crippen molar-refractivity contribution in [3.63, 3.8) is 0 Å². The summed E-state index contributed by atoms with van der Waals surface area (Å²) in [4.78, 5) is 0. The zero-order valence-electron chi connectivity index (χ0n) is 4.31. The van der Waals surface area contributed by atoms with Crippen molar-refractivity contribution in [3.8, 4) is 0 Å². The molecule has 0 unspecified atom stereocenters. The maximum atomic E-state index is 5.00. The molecule has 1 aliphatic rings. The van der Waals surface area contributed by atoms with E-state index < -0.39 is 0 Å². The summed E-state index contributed by atoms with van der Waals surface area (Å²) in [7, 11) is 1.75. The first-order valence-corrected chi connectivity index (χ1v) is 3.43. The molecule has 1 rings (SSSR count). The fourth-order valence-corrected chi connectivity index (χ4v) is 1.07. The van der Waals surface area contributed by atoms with Gasteiger partial charge in [-0.1, -0.05) is 0 Å². The van der Waals surface area contributed by atoms with E-state index >= 15 is 0 Å². The van der Waals surface area contributed by atoms with Gasteiger partial charge in [-0.25, -0.2) is 0 Å². The summed E-state index contributed by atoms with van der Waals surface area (Å²) < 4.78 is 6.21. The summed E-state index contributed by atoms with van der Waals surface area (Å²) in [6.45, 7) is 0. The maximum absolute atomic E-state index is 5.00. The Labute approximate surface area is 54.5 Å². The normalized spacial score (nSPS) is 19.6. The van der Waals surface area contributed by atoms with E-state index in [9.17, 15) is 0 Å². The fraction of sp³-hybridized carbons (Fsp3) is 0.800. The summed E-state index contributed by atoms with van der Waals surface area (Å²) in [6, 6.07) is 0. The first-order chi connectivity index (χ1) is 3.34. The third-order valence-electron chi connectivity index (χ3n) is 1.11. The Bertz CT molecular complexity index is 86.1. The van der Waals surface area contributed by atoms with Gasteiger partial charge in [-0.05, 0) is 0 Å². The molecule has 0 amide bonds. The van der Waals surface area contributed by atoms with Crippen LogP contribution in [0.4, 0.5) is 0 Å². The van der Waals surface area contributed by atoms with Gasteiger partial charge in [-0.2, -0.15) is 0 Å². The van der Waals surface area contributed by atoms with E-state index in [0.29, 0.717) is 0 Å². The fourth-order valence-electron chi connectivity index (χ4n) is 0.486. The van der Waals surface area contributed by atoms with Gasteiger partial charge in [0, 0.05) is 0 Å². The molecule has 0 aromatic rings. The molecule has 1 aliphatic carbocycles. The Hall–Kier alpha value is 0.518. The van der Waals surface area contributed by atoms with E-state index in [1.807, 2.05) is 19.4 Å². The molecule has 0 aromatic heterocycles. The first-order valence-electron chi connectivity index (χ1n) is 2.42. The van der Waals surface area contributed by atoms with Crippen molar-refractivity contribution in [2.75, 3.05) is 7.11 Å². The molecule has 0 atom stereocenters. The second kappa shape index (κ2) is 2.19. The number of hydrogen-bond acceptors (Lipinski definition) is 1. The molecule has 7 heavy (non-hydrogen) atoms. The van der Waals surface area contributed by atoms with E-state index in [0.717, 1.165) is 5.92 Å². The van der Waals surface area contributed by atoms with E-state index in [1.165, 1.54) is 16.9 Å². The van der Waals surface area contributed by atoms with Crippen LogP contribution in [0.25, 0.3) is 0 Å². The van der Waals surface area contributed by atoms with E-state index in [-0.39, 0.29) is 0 Å². The van der Waals surface area contributed by atoms with Crippen molar-refractivity contribution in [3.05, 3.63) is 0 Å². The van der Waals surface area contributed by atoms with Gasteiger partial charge in [0.1, 0.15) is 0 Å². The summed E-state index contributed by atoms with van der Waals surface area (Å²) in [5, 5.41) is 0. The second-order valence-electron chi connectivity index (χ2n) is 1.80. The van der Waals surface area contributed by atoms with Gasteiger partial charge in [-0.3, -0.25) is 0 Å². The van der Waals surface area contributed by atoms with Crippen LogP contribution in [0.2, 0.25) is 0 Å². The van der Waals surface area contributed by atoms with Crippen LogP contribution in [0.5, 0.6) is 0 Å². The van der Waals surface area contributed by atoms with Gasteiger partial charge in [0.25, 0.3) is 0 Å². The molecule has 0 aromatic carbocycles. The third kappa shape index (κ3) is 1.47. The third-order valence-corrected chi connectivity index (χ3v) is 2.34. The van der Waals surface area contributed by atoms with Gasteiger partial charge < -0.3 is 0 Å². The summed E-state index contributed by atoms with van der Waals surface area (Å²) in [5.74, 6) is 0.815. The van der Waals surface area contributed by atoms with Crippen LogP contribution in [0.15, 0.2) is 0 Å². The van der Waals surface area contributed by atoms with Crippen molar-refractivity contribution >= 4 is 4.08 Å². The van der Waals surface area contributed by atoms with Crippen LogP contribution >= 0.6 is 0 Å². The Morgan fingerprint density at radius 2 is 2.29 bits per heavy atom. The average Bonchev–Trinajstić information content (AvgIpc) is 2.44. The zero-order valence-corrected chi connectivity index (χ0v) is 6.32. The molecular weight excluding hydrogens is 172 g/mol. The molecule has 2 heteroatoms. The van der Waals surface area contributed by atoms with Gasteiger partial charge in [-0.15, -0.1) is 0 Å². The zero-order chi connectivity index (χ0) is 5.28. The van der Waals surface area contributed by atoms with Crippen molar-refractivity contribution in [2.24, 2.45) is 5.92 Å². The van der Waals surface area contributed by atoms with Crippen LogP contribution in [0.1, 0.15) is 12.8 Å². The summed E-state index contributed by atoms with van der Waals surface area (Å²) in [6.07, 6.45) is 2.70. The summed E-state index contributed by atoms with van der Waals surface area (Å²) >= 11 is 1.99. The molecule has 0 N–H and O–H groups in total. The van der Waals surface area contributed by atoms with Crippen molar-refractivity contribution in [1.82, 2.24) is 0 Å². The Morgan fingerprint density at radius 1 is 1.71 bits per heavy atom. The predicted octanol–water partition coefficient (Wildman–Crippen LogP) is 0.720. The van der Waals surface area contributed by atoms with Gasteiger partial charge in [0.2, 0.25) is 0 Å².